The van der Waals surface area contributed by atoms with Gasteiger partial charge >= 0.3 is 11.9 Å². The van der Waals surface area contributed by atoms with Crippen LogP contribution in [0.3, 0.4) is 0 Å². The first-order valence-electron chi connectivity index (χ1n) is 12.4. The number of carbonyl (C=O) groups is 3. The van der Waals surface area contributed by atoms with Crippen molar-refractivity contribution in [3.05, 3.63) is 57.4 Å². The number of carboxylic acids is 1. The first kappa shape index (κ1) is 28.3. The number of amidine groups is 1. The maximum absolute atomic E-state index is 15.7. The van der Waals surface area contributed by atoms with Gasteiger partial charge in [0.25, 0.3) is 0 Å². The van der Waals surface area contributed by atoms with Gasteiger partial charge in [-0.1, -0.05) is 0 Å². The number of alkyl halides is 1. The Balaban J connectivity index is 1.52. The molecular formula is C26H29F2N5O5S. The summed E-state index contributed by atoms with van der Waals surface area (Å²) in [6.07, 6.45) is 2.31. The Labute approximate surface area is 228 Å². The molecule has 13 heteroatoms. The van der Waals surface area contributed by atoms with Crippen LogP contribution in [0, 0.1) is 11.7 Å². The molecule has 10 nitrogen and oxygen atoms in total. The Kier molecular flexibility index (Phi) is 8.70. The predicted octanol–water partition coefficient (Wildman–Crippen LogP) is 2.86. The van der Waals surface area contributed by atoms with Crippen LogP contribution < -0.4 is 10.2 Å². The molecule has 4 rings (SSSR count). The van der Waals surface area contributed by atoms with Crippen molar-refractivity contribution in [3.8, 4) is 0 Å². The third-order valence-electron chi connectivity index (χ3n) is 6.87. The van der Waals surface area contributed by atoms with Gasteiger partial charge in [-0.15, -0.1) is 11.3 Å². The summed E-state index contributed by atoms with van der Waals surface area (Å²) in [5.41, 5.74) is -1.04. The number of nitrogens with zero attached hydrogens (tertiary/aromatic N) is 4. The molecule has 1 fully saturated rings. The number of piperidine rings is 1. The van der Waals surface area contributed by atoms with Gasteiger partial charge in [0.15, 0.2) is 10.8 Å². The van der Waals surface area contributed by atoms with Crippen LogP contribution in [0.5, 0.6) is 0 Å². The lowest BCUT2D eigenvalue weighted by molar-refractivity contribution is -0.138. The molecule has 208 valence electrons. The van der Waals surface area contributed by atoms with Crippen molar-refractivity contribution in [1.29, 1.82) is 0 Å². The highest BCUT2D eigenvalue weighted by molar-refractivity contribution is 7.11. The SMILES string of the molecule is CCOC(=O)C1=C(CN2CCC(C)(F)C(CN(C=O)c3ccc(C(=O)O)c(F)c3)C2)NC(c2nccs2)=NC1. The highest BCUT2D eigenvalue weighted by atomic mass is 32.1. The van der Waals surface area contributed by atoms with Gasteiger partial charge in [-0.2, -0.15) is 0 Å². The molecule has 2 atom stereocenters. The molecule has 2 aliphatic heterocycles. The fraction of sp³-hybridized carbons (Fsp3) is 0.423. The van der Waals surface area contributed by atoms with E-state index in [1.165, 1.54) is 29.2 Å². The number of esters is 1. The second-order valence-electron chi connectivity index (χ2n) is 9.49. The Bertz CT molecular complexity index is 1300. The molecule has 1 saturated heterocycles. The highest BCUT2D eigenvalue weighted by Gasteiger charge is 2.41. The van der Waals surface area contributed by atoms with E-state index in [2.05, 4.69) is 15.3 Å². The number of amides is 1. The number of carbonyl (C=O) groups excluding carboxylic acids is 2. The van der Waals surface area contributed by atoms with Gasteiger partial charge in [0.1, 0.15) is 11.5 Å². The summed E-state index contributed by atoms with van der Waals surface area (Å²) in [4.78, 5) is 47.6. The zero-order valence-corrected chi connectivity index (χ0v) is 22.3. The Morgan fingerprint density at radius 2 is 2.21 bits per heavy atom. The Morgan fingerprint density at radius 1 is 1.41 bits per heavy atom. The summed E-state index contributed by atoms with van der Waals surface area (Å²) < 4.78 is 35.1. The molecule has 1 amide bonds. The van der Waals surface area contributed by atoms with E-state index >= 15 is 4.39 Å². The monoisotopic (exact) mass is 561 g/mol. The third-order valence-corrected chi connectivity index (χ3v) is 7.65. The molecule has 0 radical (unpaired) electrons. The summed E-state index contributed by atoms with van der Waals surface area (Å²) in [6, 6.07) is 3.35. The molecule has 0 saturated carbocycles. The minimum absolute atomic E-state index is 0.0537. The number of nitrogens with one attached hydrogen (secondary N) is 1. The van der Waals surface area contributed by atoms with Crippen molar-refractivity contribution in [2.75, 3.05) is 44.2 Å². The number of carboxylic acid groups (broad SMARTS) is 1. The number of rotatable bonds is 10. The molecule has 2 aliphatic rings. The first-order valence-corrected chi connectivity index (χ1v) is 13.3. The molecule has 0 bridgehead atoms. The van der Waals surface area contributed by atoms with Crippen molar-refractivity contribution < 1.29 is 33.0 Å². The number of thiazole rings is 1. The number of anilines is 1. The second-order valence-corrected chi connectivity index (χ2v) is 10.4. The van der Waals surface area contributed by atoms with Crippen molar-refractivity contribution in [1.82, 2.24) is 15.2 Å². The molecule has 2 N–H and O–H groups in total. The average molecular weight is 562 g/mol. The molecule has 1 aromatic carbocycles. The molecule has 39 heavy (non-hydrogen) atoms. The van der Waals surface area contributed by atoms with Crippen molar-refractivity contribution in [2.45, 2.75) is 25.9 Å². The second kappa shape index (κ2) is 12.0. The first-order chi connectivity index (χ1) is 18.6. The van der Waals surface area contributed by atoms with Crippen molar-refractivity contribution in [2.24, 2.45) is 10.9 Å². The molecule has 0 spiro atoms. The lowest BCUT2D eigenvalue weighted by atomic mass is 9.83. The van der Waals surface area contributed by atoms with Crippen LogP contribution in [0.4, 0.5) is 14.5 Å². The van der Waals surface area contributed by atoms with Crippen LogP contribution in [-0.2, 0) is 14.3 Å². The number of halogens is 2. The number of hydrogen-bond acceptors (Lipinski definition) is 9. The largest absolute Gasteiger partial charge is 0.478 e. The van der Waals surface area contributed by atoms with Crippen molar-refractivity contribution >= 4 is 41.2 Å². The minimum Gasteiger partial charge on any atom is -0.478 e. The summed E-state index contributed by atoms with van der Waals surface area (Å²) in [6.45, 7) is 4.40. The molecule has 1 aromatic heterocycles. The van der Waals surface area contributed by atoms with Gasteiger partial charge in [0.2, 0.25) is 6.41 Å². The number of likely N-dealkylation sites (tertiary alicyclic amines) is 1. The number of aliphatic imine (C=N–C) groups is 1. The van der Waals surface area contributed by atoms with Gasteiger partial charge in [-0.25, -0.2) is 23.4 Å². The van der Waals surface area contributed by atoms with Gasteiger partial charge in [-0.3, -0.25) is 14.7 Å². The summed E-state index contributed by atoms with van der Waals surface area (Å²) in [7, 11) is 0. The van der Waals surface area contributed by atoms with E-state index < -0.39 is 34.9 Å². The van der Waals surface area contributed by atoms with Gasteiger partial charge in [0.05, 0.1) is 24.3 Å². The zero-order valence-electron chi connectivity index (χ0n) is 21.5. The van der Waals surface area contributed by atoms with Gasteiger partial charge < -0.3 is 20.1 Å². The molecule has 3 heterocycles. The van der Waals surface area contributed by atoms with Crippen LogP contribution in [-0.4, -0.2) is 84.2 Å². The minimum atomic E-state index is -1.62. The maximum Gasteiger partial charge on any atom is 0.338 e. The van der Waals surface area contributed by atoms with Gasteiger partial charge in [0, 0.05) is 55.1 Å². The summed E-state index contributed by atoms with van der Waals surface area (Å²) in [5.74, 6) is -3.01. The topological polar surface area (TPSA) is 124 Å². The van der Waals surface area contributed by atoms with Crippen LogP contribution in [0.2, 0.25) is 0 Å². The van der Waals surface area contributed by atoms with Crippen LogP contribution in [0.25, 0.3) is 0 Å². The molecule has 0 aliphatic carbocycles. The molecule has 2 aromatic rings. The quantitative estimate of drug-likeness (QED) is 0.335. The average Bonchev–Trinajstić information content (AvgIpc) is 3.44. The normalized spacial score (nSPS) is 21.6. The lowest BCUT2D eigenvalue weighted by Gasteiger charge is -2.43. The van der Waals surface area contributed by atoms with Crippen LogP contribution >= 0.6 is 11.3 Å². The molecule has 2 unspecified atom stereocenters. The van der Waals surface area contributed by atoms with E-state index in [4.69, 9.17) is 9.84 Å². The fourth-order valence-corrected chi connectivity index (χ4v) is 5.21. The number of ether oxygens (including phenoxy) is 1. The summed E-state index contributed by atoms with van der Waals surface area (Å²) >= 11 is 1.40. The standard InChI is InChI=1S/C26H29F2N5O5S/c1-3-38-25(37)19-11-30-22(23-29-7-9-39-23)31-21(19)14-32-8-6-26(2,28)16(12-32)13-33(15-34)17-4-5-18(24(35)36)20(27)10-17/h4-5,7,9-10,15-16H,3,6,8,11-14H2,1-2H3,(H,30,31)(H,35,36). The van der Waals surface area contributed by atoms with Crippen LogP contribution in [0.1, 0.15) is 35.6 Å². The maximum atomic E-state index is 15.7. The van der Waals surface area contributed by atoms with E-state index in [1.54, 1.807) is 13.1 Å². The highest BCUT2D eigenvalue weighted by Crippen LogP contribution is 2.34. The van der Waals surface area contributed by atoms with E-state index in [9.17, 15) is 18.8 Å². The number of aromatic carboxylic acids is 1. The van der Waals surface area contributed by atoms with Crippen LogP contribution in [0.15, 0.2) is 46.0 Å². The summed E-state index contributed by atoms with van der Waals surface area (Å²) in [5, 5.41) is 14.8. The Hall–Kier alpha value is -3.71. The Morgan fingerprint density at radius 3 is 2.85 bits per heavy atom. The third kappa shape index (κ3) is 6.48. The number of benzene rings is 1. The van der Waals surface area contributed by atoms with Gasteiger partial charge in [-0.05, 0) is 38.5 Å². The molecular weight excluding hydrogens is 532 g/mol. The predicted molar refractivity (Wildman–Crippen MR) is 141 cm³/mol. The van der Waals surface area contributed by atoms with E-state index in [-0.39, 0.29) is 44.9 Å². The van der Waals surface area contributed by atoms with E-state index in [1.807, 2.05) is 10.3 Å². The smallest absolute Gasteiger partial charge is 0.338 e. The van der Waals surface area contributed by atoms with E-state index in [0.717, 1.165) is 12.1 Å². The van der Waals surface area contributed by atoms with E-state index in [0.29, 0.717) is 35.1 Å². The fourth-order valence-electron chi connectivity index (χ4n) is 4.61. The number of aromatic nitrogens is 1. The zero-order chi connectivity index (χ0) is 28.2. The lowest BCUT2D eigenvalue weighted by Crippen LogP contribution is -2.53. The number of hydrogen-bond donors (Lipinski definition) is 2. The van der Waals surface area contributed by atoms with Crippen molar-refractivity contribution in [3.63, 3.8) is 0 Å².